The number of hydrogen-bond acceptors (Lipinski definition) is 4. The van der Waals surface area contributed by atoms with Gasteiger partial charge in [-0.1, -0.05) is 13.3 Å². The summed E-state index contributed by atoms with van der Waals surface area (Å²) in [4.78, 5) is 2.38. The summed E-state index contributed by atoms with van der Waals surface area (Å²) in [7, 11) is 0. The Kier molecular flexibility index (Phi) is 5.22. The number of aliphatic hydroxyl groups is 1. The van der Waals surface area contributed by atoms with Crippen molar-refractivity contribution >= 4 is 5.69 Å². The van der Waals surface area contributed by atoms with Crippen LogP contribution in [0, 0.1) is 5.92 Å². The van der Waals surface area contributed by atoms with E-state index in [9.17, 15) is 5.11 Å². The molecular weight excluding hydrogens is 240 g/mol. The van der Waals surface area contributed by atoms with E-state index < -0.39 is 0 Å². The number of hydrogen-bond donors (Lipinski definition) is 2. The molecular formula is C14H26N4O. The molecule has 0 aromatic carbocycles. The van der Waals surface area contributed by atoms with E-state index in [1.165, 1.54) is 25.7 Å². The van der Waals surface area contributed by atoms with Crippen molar-refractivity contribution in [1.82, 2.24) is 14.7 Å². The van der Waals surface area contributed by atoms with Gasteiger partial charge in [-0.25, -0.2) is 0 Å². The summed E-state index contributed by atoms with van der Waals surface area (Å²) in [5.74, 6) is 0.869. The molecule has 2 atom stereocenters. The summed E-state index contributed by atoms with van der Waals surface area (Å²) >= 11 is 0. The Morgan fingerprint density at radius 1 is 1.42 bits per heavy atom. The molecule has 2 heterocycles. The average molecular weight is 266 g/mol. The molecule has 5 heteroatoms. The first-order valence-corrected chi connectivity index (χ1v) is 7.35. The van der Waals surface area contributed by atoms with E-state index in [-0.39, 0.29) is 6.10 Å². The van der Waals surface area contributed by atoms with Gasteiger partial charge in [-0.05, 0) is 38.3 Å². The van der Waals surface area contributed by atoms with Crippen molar-refractivity contribution in [1.29, 1.82) is 0 Å². The van der Waals surface area contributed by atoms with Gasteiger partial charge >= 0.3 is 0 Å². The Balaban J connectivity index is 1.77. The Morgan fingerprint density at radius 2 is 2.26 bits per heavy atom. The van der Waals surface area contributed by atoms with Crippen molar-refractivity contribution in [2.75, 3.05) is 25.4 Å². The second-order valence-corrected chi connectivity index (χ2v) is 5.66. The summed E-state index contributed by atoms with van der Waals surface area (Å²) in [6.07, 6.45) is 8.13. The van der Waals surface area contributed by atoms with Crippen molar-refractivity contribution < 1.29 is 5.11 Å². The quantitative estimate of drug-likeness (QED) is 0.844. The number of rotatable bonds is 5. The lowest BCUT2D eigenvalue weighted by Crippen LogP contribution is -2.35. The highest BCUT2D eigenvalue weighted by Gasteiger charge is 2.18. The molecule has 1 aromatic heterocycles. The smallest absolute Gasteiger partial charge is 0.0862 e. The van der Waals surface area contributed by atoms with E-state index in [2.05, 4.69) is 16.9 Å². The van der Waals surface area contributed by atoms with Crippen molar-refractivity contribution in [3.8, 4) is 0 Å². The van der Waals surface area contributed by atoms with Gasteiger partial charge in [0.05, 0.1) is 24.5 Å². The molecule has 1 saturated heterocycles. The second-order valence-electron chi connectivity index (χ2n) is 5.66. The standard InChI is InChI=1S/C14H26N4O/c1-2-12-4-3-6-17(7-5-12)10-14(19)11-18-9-13(15)8-16-18/h8-9,12,14,19H,2-7,10-11,15H2,1H3. The van der Waals surface area contributed by atoms with Crippen LogP contribution in [0.2, 0.25) is 0 Å². The third-order valence-corrected chi connectivity index (χ3v) is 4.04. The van der Waals surface area contributed by atoms with E-state index in [1.54, 1.807) is 17.1 Å². The minimum Gasteiger partial charge on any atom is -0.396 e. The largest absolute Gasteiger partial charge is 0.396 e. The Hall–Kier alpha value is -1.07. The fraction of sp³-hybridized carbons (Fsp3) is 0.786. The lowest BCUT2D eigenvalue weighted by atomic mass is 9.98. The lowest BCUT2D eigenvalue weighted by molar-refractivity contribution is 0.0959. The third kappa shape index (κ3) is 4.51. The highest BCUT2D eigenvalue weighted by atomic mass is 16.3. The van der Waals surface area contributed by atoms with Crippen LogP contribution in [-0.2, 0) is 6.54 Å². The molecule has 19 heavy (non-hydrogen) atoms. The zero-order valence-corrected chi connectivity index (χ0v) is 11.8. The van der Waals surface area contributed by atoms with Crippen LogP contribution in [0.1, 0.15) is 32.6 Å². The van der Waals surface area contributed by atoms with Gasteiger partial charge in [-0.15, -0.1) is 0 Å². The van der Waals surface area contributed by atoms with Gasteiger partial charge in [0, 0.05) is 12.7 Å². The third-order valence-electron chi connectivity index (χ3n) is 4.04. The molecule has 5 nitrogen and oxygen atoms in total. The minimum absolute atomic E-state index is 0.377. The fourth-order valence-electron chi connectivity index (χ4n) is 2.87. The summed E-state index contributed by atoms with van der Waals surface area (Å²) in [5, 5.41) is 14.2. The van der Waals surface area contributed by atoms with Gasteiger partial charge in [-0.3, -0.25) is 4.68 Å². The maximum Gasteiger partial charge on any atom is 0.0862 e. The van der Waals surface area contributed by atoms with Crippen molar-refractivity contribution in [2.45, 2.75) is 45.3 Å². The van der Waals surface area contributed by atoms with Crippen LogP contribution in [0.15, 0.2) is 12.4 Å². The van der Waals surface area contributed by atoms with E-state index in [0.29, 0.717) is 12.2 Å². The van der Waals surface area contributed by atoms with Gasteiger partial charge in [0.25, 0.3) is 0 Å². The Labute approximate surface area is 115 Å². The molecule has 108 valence electrons. The second kappa shape index (κ2) is 6.91. The van der Waals surface area contributed by atoms with Crippen molar-refractivity contribution in [2.24, 2.45) is 5.92 Å². The zero-order chi connectivity index (χ0) is 13.7. The van der Waals surface area contributed by atoms with Crippen LogP contribution in [0.25, 0.3) is 0 Å². The summed E-state index contributed by atoms with van der Waals surface area (Å²) < 4.78 is 1.71. The average Bonchev–Trinajstić information content (AvgIpc) is 2.64. The molecule has 0 radical (unpaired) electrons. The zero-order valence-electron chi connectivity index (χ0n) is 11.8. The summed E-state index contributed by atoms with van der Waals surface area (Å²) in [6.45, 7) is 5.74. The van der Waals surface area contributed by atoms with Crippen LogP contribution < -0.4 is 5.73 Å². The Morgan fingerprint density at radius 3 is 2.95 bits per heavy atom. The number of aromatic nitrogens is 2. The molecule has 0 amide bonds. The maximum absolute atomic E-state index is 10.1. The normalized spacial score (nSPS) is 23.2. The highest BCUT2D eigenvalue weighted by molar-refractivity contribution is 5.30. The molecule has 1 aliphatic rings. The SMILES string of the molecule is CCC1CCCN(CC(O)Cn2cc(N)cn2)CC1. The van der Waals surface area contributed by atoms with E-state index >= 15 is 0 Å². The van der Waals surface area contributed by atoms with Gasteiger partial charge in [0.1, 0.15) is 0 Å². The molecule has 2 unspecified atom stereocenters. The molecule has 1 fully saturated rings. The number of nitrogen functional groups attached to an aromatic ring is 1. The maximum atomic E-state index is 10.1. The predicted octanol–water partition coefficient (Wildman–Crippen LogP) is 1.34. The van der Waals surface area contributed by atoms with E-state index in [4.69, 9.17) is 5.73 Å². The van der Waals surface area contributed by atoms with Crippen molar-refractivity contribution in [3.05, 3.63) is 12.4 Å². The predicted molar refractivity (Wildman–Crippen MR) is 76.7 cm³/mol. The molecule has 3 N–H and O–H groups in total. The first-order valence-electron chi connectivity index (χ1n) is 7.35. The molecule has 0 aliphatic carbocycles. The van der Waals surface area contributed by atoms with Crippen LogP contribution in [0.5, 0.6) is 0 Å². The monoisotopic (exact) mass is 266 g/mol. The van der Waals surface area contributed by atoms with Gasteiger partial charge in [0.15, 0.2) is 0 Å². The minimum atomic E-state index is -0.377. The molecule has 1 aliphatic heterocycles. The Bertz CT molecular complexity index is 379. The lowest BCUT2D eigenvalue weighted by Gasteiger charge is -2.23. The molecule has 0 bridgehead atoms. The van der Waals surface area contributed by atoms with Crippen LogP contribution in [-0.4, -0.2) is 45.5 Å². The first-order chi connectivity index (χ1) is 9.17. The van der Waals surface area contributed by atoms with Crippen LogP contribution in [0.3, 0.4) is 0 Å². The van der Waals surface area contributed by atoms with E-state index in [0.717, 1.165) is 25.6 Å². The number of nitrogens with zero attached hydrogens (tertiary/aromatic N) is 3. The molecule has 0 saturated carbocycles. The van der Waals surface area contributed by atoms with E-state index in [1.807, 2.05) is 0 Å². The van der Waals surface area contributed by atoms with Gasteiger partial charge in [-0.2, -0.15) is 5.10 Å². The molecule has 0 spiro atoms. The topological polar surface area (TPSA) is 67.3 Å². The number of anilines is 1. The first kappa shape index (κ1) is 14.3. The number of nitrogens with two attached hydrogens (primary N) is 1. The number of β-amino-alcohol motifs (C(OH)–C–C–N with tert-alkyl or cyclic N) is 1. The number of likely N-dealkylation sites (tertiary alicyclic amines) is 1. The highest BCUT2D eigenvalue weighted by Crippen LogP contribution is 2.20. The van der Waals surface area contributed by atoms with Crippen LogP contribution in [0.4, 0.5) is 5.69 Å². The fourth-order valence-corrected chi connectivity index (χ4v) is 2.87. The van der Waals surface area contributed by atoms with Gasteiger partial charge in [0.2, 0.25) is 0 Å². The number of aliphatic hydroxyl groups excluding tert-OH is 1. The molecule has 1 aromatic rings. The van der Waals surface area contributed by atoms with Crippen molar-refractivity contribution in [3.63, 3.8) is 0 Å². The summed E-state index contributed by atoms with van der Waals surface area (Å²) in [5.41, 5.74) is 6.26. The van der Waals surface area contributed by atoms with Gasteiger partial charge < -0.3 is 15.7 Å². The van der Waals surface area contributed by atoms with Crippen LogP contribution >= 0.6 is 0 Å². The summed E-state index contributed by atoms with van der Waals surface area (Å²) in [6, 6.07) is 0. The molecule has 2 rings (SSSR count).